The highest BCUT2D eigenvalue weighted by Crippen LogP contribution is 2.21. The fraction of sp³-hybridized carbons (Fsp3) is 0.500. The van der Waals surface area contributed by atoms with E-state index in [0.29, 0.717) is 17.2 Å². The Balaban J connectivity index is 2.83. The molecule has 0 heterocycles. The van der Waals surface area contributed by atoms with Gasteiger partial charge in [-0.05, 0) is 23.8 Å². The van der Waals surface area contributed by atoms with E-state index in [4.69, 9.17) is 32.7 Å². The van der Waals surface area contributed by atoms with Crippen molar-refractivity contribution in [3.8, 4) is 0 Å². The van der Waals surface area contributed by atoms with Gasteiger partial charge in [0.1, 0.15) is 0 Å². The molecular formula is C12H17Cl2NO4S. The molecule has 0 saturated heterocycles. The lowest BCUT2D eigenvalue weighted by atomic mass is 10.2. The number of ether oxygens (including phenoxy) is 2. The maximum absolute atomic E-state index is 12.1. The molecule has 0 saturated carbocycles. The molecule has 0 aliphatic rings. The number of alkyl halides is 1. The maximum atomic E-state index is 12.1. The molecule has 0 spiro atoms. The number of hydrogen-bond donors (Lipinski definition) is 1. The SMILES string of the molecule is COCC(CNS(=O)(=O)c1ccc(Cl)c(CCl)c1)OC. The monoisotopic (exact) mass is 341 g/mol. The average molecular weight is 342 g/mol. The van der Waals surface area contributed by atoms with Gasteiger partial charge in [-0.2, -0.15) is 0 Å². The molecule has 1 rings (SSSR count). The first-order valence-electron chi connectivity index (χ1n) is 5.80. The zero-order valence-corrected chi connectivity index (χ0v) is 13.6. The molecule has 1 aromatic carbocycles. The van der Waals surface area contributed by atoms with E-state index in [-0.39, 0.29) is 23.4 Å². The summed E-state index contributed by atoms with van der Waals surface area (Å²) in [4.78, 5) is 0.116. The fourth-order valence-corrected chi connectivity index (χ4v) is 3.09. The third-order valence-corrected chi connectivity index (χ3v) is 4.74. The third kappa shape index (κ3) is 4.87. The van der Waals surface area contributed by atoms with Crippen molar-refractivity contribution in [1.82, 2.24) is 4.72 Å². The molecule has 0 aliphatic carbocycles. The summed E-state index contributed by atoms with van der Waals surface area (Å²) in [5, 5.41) is 0.438. The number of halogens is 2. The van der Waals surface area contributed by atoms with Crippen molar-refractivity contribution >= 4 is 33.2 Å². The van der Waals surface area contributed by atoms with Crippen molar-refractivity contribution < 1.29 is 17.9 Å². The Labute approximate surface area is 129 Å². The molecule has 1 unspecified atom stereocenters. The Morgan fingerprint density at radius 1 is 1.35 bits per heavy atom. The zero-order chi connectivity index (χ0) is 15.2. The topological polar surface area (TPSA) is 64.6 Å². The summed E-state index contributed by atoms with van der Waals surface area (Å²) in [5.74, 6) is 0.145. The first-order valence-corrected chi connectivity index (χ1v) is 8.20. The standard InChI is InChI=1S/C12H17Cl2NO4S/c1-18-8-10(19-2)7-15-20(16,17)11-3-4-12(14)9(5-11)6-13/h3-5,10,15H,6-8H2,1-2H3. The first-order chi connectivity index (χ1) is 9.44. The lowest BCUT2D eigenvalue weighted by molar-refractivity contribution is 0.0320. The maximum Gasteiger partial charge on any atom is 0.240 e. The normalized spacial score (nSPS) is 13.4. The Morgan fingerprint density at radius 3 is 2.60 bits per heavy atom. The van der Waals surface area contributed by atoms with Crippen molar-refractivity contribution in [3.63, 3.8) is 0 Å². The molecule has 8 heteroatoms. The van der Waals surface area contributed by atoms with Gasteiger partial charge >= 0.3 is 0 Å². The van der Waals surface area contributed by atoms with Crippen molar-refractivity contribution in [2.75, 3.05) is 27.4 Å². The van der Waals surface area contributed by atoms with E-state index in [9.17, 15) is 8.42 Å². The molecule has 0 radical (unpaired) electrons. The van der Waals surface area contributed by atoms with Gasteiger partial charge in [-0.3, -0.25) is 0 Å². The van der Waals surface area contributed by atoms with Gasteiger partial charge in [-0.15, -0.1) is 11.6 Å². The van der Waals surface area contributed by atoms with E-state index in [2.05, 4.69) is 4.72 Å². The molecule has 0 bridgehead atoms. The quantitative estimate of drug-likeness (QED) is 0.734. The first kappa shape index (κ1) is 17.7. The Hall–Kier alpha value is -0.370. The Kier molecular flexibility index (Phi) is 7.22. The molecule has 114 valence electrons. The van der Waals surface area contributed by atoms with Crippen molar-refractivity contribution in [3.05, 3.63) is 28.8 Å². The number of hydrogen-bond acceptors (Lipinski definition) is 4. The minimum absolute atomic E-state index is 0.116. The lowest BCUT2D eigenvalue weighted by Crippen LogP contribution is -2.35. The van der Waals surface area contributed by atoms with E-state index in [1.165, 1.54) is 32.4 Å². The van der Waals surface area contributed by atoms with Crippen LogP contribution in [-0.4, -0.2) is 41.9 Å². The van der Waals surface area contributed by atoms with Crippen LogP contribution in [0.5, 0.6) is 0 Å². The van der Waals surface area contributed by atoms with Crippen molar-refractivity contribution in [2.45, 2.75) is 16.9 Å². The van der Waals surface area contributed by atoms with Crippen LogP contribution in [0.25, 0.3) is 0 Å². The van der Waals surface area contributed by atoms with E-state index in [1.54, 1.807) is 0 Å². The highest BCUT2D eigenvalue weighted by atomic mass is 35.5. The highest BCUT2D eigenvalue weighted by Gasteiger charge is 2.18. The number of rotatable bonds is 8. The summed E-state index contributed by atoms with van der Waals surface area (Å²) >= 11 is 11.6. The molecule has 0 amide bonds. The summed E-state index contributed by atoms with van der Waals surface area (Å²) in [7, 11) is -0.624. The second-order valence-electron chi connectivity index (χ2n) is 4.05. The van der Waals surface area contributed by atoms with E-state index in [1.807, 2.05) is 0 Å². The Bertz CT molecular complexity index is 536. The smallest absolute Gasteiger partial charge is 0.240 e. The summed E-state index contributed by atoms with van der Waals surface area (Å²) in [6, 6.07) is 4.39. The second-order valence-corrected chi connectivity index (χ2v) is 6.49. The molecule has 0 fully saturated rings. The predicted molar refractivity (Wildman–Crippen MR) is 78.9 cm³/mol. The highest BCUT2D eigenvalue weighted by molar-refractivity contribution is 7.89. The fourth-order valence-electron chi connectivity index (χ4n) is 1.50. The molecule has 5 nitrogen and oxygen atoms in total. The Morgan fingerprint density at radius 2 is 2.05 bits per heavy atom. The summed E-state index contributed by atoms with van der Waals surface area (Å²) in [5.41, 5.74) is 0.566. The third-order valence-electron chi connectivity index (χ3n) is 2.66. The summed E-state index contributed by atoms with van der Waals surface area (Å²) in [6.07, 6.45) is -0.352. The average Bonchev–Trinajstić information content (AvgIpc) is 2.43. The van der Waals surface area contributed by atoms with Crippen LogP contribution < -0.4 is 4.72 Å². The van der Waals surface area contributed by atoms with Gasteiger partial charge in [0.05, 0.1) is 17.6 Å². The van der Waals surface area contributed by atoms with Crippen LogP contribution in [-0.2, 0) is 25.4 Å². The number of nitrogens with one attached hydrogen (secondary N) is 1. The van der Waals surface area contributed by atoms with Crippen molar-refractivity contribution in [2.24, 2.45) is 0 Å². The van der Waals surface area contributed by atoms with E-state index < -0.39 is 10.0 Å². The molecule has 1 atom stereocenters. The van der Waals surface area contributed by atoms with Gasteiger partial charge in [0.15, 0.2) is 0 Å². The van der Waals surface area contributed by atoms with Crippen LogP contribution in [0.3, 0.4) is 0 Å². The van der Waals surface area contributed by atoms with Gasteiger partial charge in [0.2, 0.25) is 10.0 Å². The summed E-state index contributed by atoms with van der Waals surface area (Å²) < 4.78 is 36.8. The van der Waals surface area contributed by atoms with Gasteiger partial charge in [0.25, 0.3) is 0 Å². The summed E-state index contributed by atoms with van der Waals surface area (Å²) in [6.45, 7) is 0.415. The number of sulfonamides is 1. The van der Waals surface area contributed by atoms with Crippen LogP contribution in [0.4, 0.5) is 0 Å². The van der Waals surface area contributed by atoms with Crippen LogP contribution in [0.1, 0.15) is 5.56 Å². The van der Waals surface area contributed by atoms with Crippen molar-refractivity contribution in [1.29, 1.82) is 0 Å². The van der Waals surface area contributed by atoms with Gasteiger partial charge in [-0.1, -0.05) is 11.6 Å². The van der Waals surface area contributed by atoms with Crippen LogP contribution >= 0.6 is 23.2 Å². The van der Waals surface area contributed by atoms with Crippen LogP contribution in [0.2, 0.25) is 5.02 Å². The lowest BCUT2D eigenvalue weighted by Gasteiger charge is -2.15. The van der Waals surface area contributed by atoms with Gasteiger partial charge in [-0.25, -0.2) is 13.1 Å². The zero-order valence-electron chi connectivity index (χ0n) is 11.2. The minimum atomic E-state index is -3.64. The molecular weight excluding hydrogens is 325 g/mol. The molecule has 1 N–H and O–H groups in total. The van der Waals surface area contributed by atoms with Gasteiger partial charge in [0, 0.05) is 31.7 Å². The number of methoxy groups -OCH3 is 2. The minimum Gasteiger partial charge on any atom is -0.382 e. The van der Waals surface area contributed by atoms with Crippen LogP contribution in [0, 0.1) is 0 Å². The number of benzene rings is 1. The molecule has 1 aromatic rings. The van der Waals surface area contributed by atoms with Gasteiger partial charge < -0.3 is 9.47 Å². The van der Waals surface area contributed by atoms with Crippen LogP contribution in [0.15, 0.2) is 23.1 Å². The predicted octanol–water partition coefficient (Wildman–Crippen LogP) is 2.02. The largest absolute Gasteiger partial charge is 0.382 e. The second kappa shape index (κ2) is 8.17. The van der Waals surface area contributed by atoms with E-state index >= 15 is 0 Å². The molecule has 0 aromatic heterocycles. The molecule has 0 aliphatic heterocycles. The molecule has 20 heavy (non-hydrogen) atoms. The van der Waals surface area contributed by atoms with E-state index in [0.717, 1.165) is 0 Å².